The van der Waals surface area contributed by atoms with Crippen molar-refractivity contribution in [2.45, 2.75) is 176 Å². The van der Waals surface area contributed by atoms with Gasteiger partial charge in [0.15, 0.2) is 0 Å². The van der Waals surface area contributed by atoms with Gasteiger partial charge < -0.3 is 43.6 Å². The van der Waals surface area contributed by atoms with E-state index in [0.717, 1.165) is 55.6 Å². The highest BCUT2D eigenvalue weighted by Crippen LogP contribution is 2.28. The van der Waals surface area contributed by atoms with E-state index in [4.69, 9.17) is 14.2 Å². The van der Waals surface area contributed by atoms with Gasteiger partial charge in [0, 0.05) is 75.6 Å². The van der Waals surface area contributed by atoms with Crippen LogP contribution in [0.3, 0.4) is 0 Å². The van der Waals surface area contributed by atoms with Crippen molar-refractivity contribution in [3.05, 3.63) is 91.0 Å². The Bertz CT molecular complexity index is 1940. The van der Waals surface area contributed by atoms with E-state index in [1.165, 1.54) is 0 Å². The Hall–Kier alpha value is -6.12. The molecule has 0 N–H and O–H groups in total. The first-order valence-corrected chi connectivity index (χ1v) is 26.0. The molecule has 0 aromatic heterocycles. The van der Waals surface area contributed by atoms with Crippen LogP contribution in [0.25, 0.3) is 0 Å². The first kappa shape index (κ1) is 58.5. The second-order valence-corrected chi connectivity index (χ2v) is 21.5. The van der Waals surface area contributed by atoms with Crippen LogP contribution in [0.2, 0.25) is 0 Å². The molecule has 0 saturated carbocycles. The summed E-state index contributed by atoms with van der Waals surface area (Å²) in [6.45, 7) is 25.9. The number of hydrogen-bond donors (Lipinski definition) is 0. The van der Waals surface area contributed by atoms with Crippen LogP contribution in [0.1, 0.15) is 141 Å². The first-order valence-electron chi connectivity index (χ1n) is 26.0. The Kier molecular flexibility index (Phi) is 22.0. The van der Waals surface area contributed by atoms with E-state index in [-0.39, 0.29) is 54.1 Å². The molecule has 3 aromatic carbocycles. The van der Waals surface area contributed by atoms with Gasteiger partial charge in [-0.2, -0.15) is 0 Å². The quantitative estimate of drug-likeness (QED) is 0.191. The van der Waals surface area contributed by atoms with Gasteiger partial charge in [-0.05, 0) is 137 Å². The van der Waals surface area contributed by atoms with Gasteiger partial charge in [0.05, 0.1) is 18.1 Å². The van der Waals surface area contributed by atoms with Crippen molar-refractivity contribution in [2.75, 3.05) is 54.0 Å². The molecule has 3 heterocycles. The lowest BCUT2D eigenvalue weighted by molar-refractivity contribution is -0.119. The molecule has 3 fully saturated rings. The molecule has 0 aliphatic carbocycles. The third kappa shape index (κ3) is 18.5. The summed E-state index contributed by atoms with van der Waals surface area (Å²) in [4.78, 5) is 85.3. The van der Waals surface area contributed by atoms with Gasteiger partial charge in [-0.25, -0.2) is 14.4 Å². The number of benzene rings is 3. The van der Waals surface area contributed by atoms with Crippen LogP contribution in [0, 0.1) is 0 Å². The minimum absolute atomic E-state index is 0.0129. The normalized spacial score (nSPS) is 18.2. The molecule has 0 radical (unpaired) electrons. The monoisotopic (exact) mass is 997 g/mol. The average Bonchev–Trinajstić information content (AvgIpc) is 3.34. The minimum Gasteiger partial charge on any atom is -0.444 e. The molecule has 15 nitrogen and oxygen atoms in total. The van der Waals surface area contributed by atoms with E-state index in [0.29, 0.717) is 58.5 Å². The van der Waals surface area contributed by atoms with Crippen LogP contribution >= 0.6 is 0 Å². The molecule has 3 aliphatic rings. The highest BCUT2D eigenvalue weighted by Gasteiger charge is 2.36. The second-order valence-electron chi connectivity index (χ2n) is 21.5. The molecule has 6 amide bonds. The molecule has 1 unspecified atom stereocenters. The molecular weight excluding hydrogens is 913 g/mol. The van der Waals surface area contributed by atoms with Gasteiger partial charge in [-0.1, -0.05) is 75.4 Å². The summed E-state index contributed by atoms with van der Waals surface area (Å²) in [5.74, 6) is 0.242. The third-order valence-electron chi connectivity index (χ3n) is 12.1. The standard InChI is InChI=1S/3C19H28N2O3/c3*1-5-17(22)21(15-10-7-6-8-11-15)16-12-9-13-20(14-16)18(23)24-19(2,3)4/h3*6-8,10-11,16H,5,9,12-14H2,1-4H3/t2*16-;/m10./s1. The summed E-state index contributed by atoms with van der Waals surface area (Å²) in [5, 5.41) is 0. The number of nitrogens with zero attached hydrogens (tertiary/aromatic N) is 6. The number of ether oxygens (including phenoxy) is 3. The van der Waals surface area contributed by atoms with Crippen molar-refractivity contribution in [3.63, 3.8) is 0 Å². The van der Waals surface area contributed by atoms with Crippen molar-refractivity contribution in [3.8, 4) is 0 Å². The number of anilines is 3. The van der Waals surface area contributed by atoms with Gasteiger partial charge in [-0.3, -0.25) is 14.4 Å². The molecule has 0 bridgehead atoms. The van der Waals surface area contributed by atoms with E-state index < -0.39 is 16.8 Å². The topological polar surface area (TPSA) is 150 Å². The number of carbonyl (C=O) groups is 6. The third-order valence-corrected chi connectivity index (χ3v) is 12.1. The molecule has 3 aromatic rings. The number of rotatable bonds is 9. The van der Waals surface area contributed by atoms with Crippen LogP contribution in [0.5, 0.6) is 0 Å². The summed E-state index contributed by atoms with van der Waals surface area (Å²) in [6, 6.07) is 29.0. The highest BCUT2D eigenvalue weighted by molar-refractivity contribution is 5.95. The lowest BCUT2D eigenvalue weighted by Gasteiger charge is -2.39. The van der Waals surface area contributed by atoms with E-state index >= 15 is 0 Å². The largest absolute Gasteiger partial charge is 0.444 e. The van der Waals surface area contributed by atoms with E-state index in [9.17, 15) is 28.8 Å². The number of hydrogen-bond acceptors (Lipinski definition) is 9. The minimum atomic E-state index is -0.512. The molecule has 6 rings (SSSR count). The van der Waals surface area contributed by atoms with Crippen molar-refractivity contribution in [2.24, 2.45) is 0 Å². The Morgan fingerprint density at radius 1 is 0.417 bits per heavy atom. The fraction of sp³-hybridized carbons (Fsp3) is 0.579. The van der Waals surface area contributed by atoms with Gasteiger partial charge in [-0.15, -0.1) is 0 Å². The van der Waals surface area contributed by atoms with Crippen LogP contribution in [0.4, 0.5) is 31.4 Å². The van der Waals surface area contributed by atoms with Crippen LogP contribution < -0.4 is 14.7 Å². The fourth-order valence-corrected chi connectivity index (χ4v) is 8.93. The predicted octanol–water partition coefficient (Wildman–Crippen LogP) is 11.5. The zero-order valence-electron chi connectivity index (χ0n) is 45.4. The smallest absolute Gasteiger partial charge is 0.410 e. The van der Waals surface area contributed by atoms with Crippen molar-refractivity contribution >= 4 is 53.1 Å². The fourth-order valence-electron chi connectivity index (χ4n) is 8.93. The summed E-state index contributed by atoms with van der Waals surface area (Å²) in [5.41, 5.74) is 1.13. The highest BCUT2D eigenvalue weighted by atomic mass is 16.6. The number of likely N-dealkylation sites (tertiary alicyclic amines) is 3. The zero-order chi connectivity index (χ0) is 53.2. The molecule has 3 saturated heterocycles. The van der Waals surface area contributed by atoms with Crippen molar-refractivity contribution in [1.82, 2.24) is 14.7 Å². The van der Waals surface area contributed by atoms with Gasteiger partial charge in [0.2, 0.25) is 17.7 Å². The molecule has 3 atom stereocenters. The Morgan fingerprint density at radius 3 is 0.833 bits per heavy atom. The molecule has 3 aliphatic heterocycles. The van der Waals surface area contributed by atoms with Gasteiger partial charge in [0.25, 0.3) is 0 Å². The van der Waals surface area contributed by atoms with Gasteiger partial charge in [0.1, 0.15) is 16.8 Å². The van der Waals surface area contributed by atoms with Crippen molar-refractivity contribution < 1.29 is 43.0 Å². The SMILES string of the molecule is CCC(=O)N(c1ccccc1)C1CCCN(C(=O)OC(C)(C)C)C1.CCC(=O)N(c1ccccc1)[C@@H]1CCCN(C(=O)OC(C)(C)C)C1.CCC(=O)N(c1ccccc1)[C@H]1CCCN(C(=O)OC(C)(C)C)C1. The number of amides is 6. The lowest BCUT2D eigenvalue weighted by Crippen LogP contribution is -2.52. The summed E-state index contributed by atoms with van der Waals surface area (Å²) < 4.78 is 16.4. The lowest BCUT2D eigenvalue weighted by atomic mass is 10.0. The molecular formula is C57H84N6O9. The Morgan fingerprint density at radius 2 is 0.639 bits per heavy atom. The van der Waals surface area contributed by atoms with Crippen LogP contribution in [-0.2, 0) is 28.6 Å². The first-order chi connectivity index (χ1) is 33.9. The number of carbonyl (C=O) groups excluding carboxylic acids is 6. The number of piperidine rings is 3. The van der Waals surface area contributed by atoms with Gasteiger partial charge >= 0.3 is 18.3 Å². The predicted molar refractivity (Wildman–Crippen MR) is 285 cm³/mol. The molecule has 0 spiro atoms. The van der Waals surface area contributed by atoms with E-state index in [1.807, 2.05) is 189 Å². The maximum absolute atomic E-state index is 12.5. The Labute approximate surface area is 430 Å². The average molecular weight is 997 g/mol. The molecule has 72 heavy (non-hydrogen) atoms. The molecule has 396 valence electrons. The summed E-state index contributed by atoms with van der Waals surface area (Å²) in [7, 11) is 0. The summed E-state index contributed by atoms with van der Waals surface area (Å²) in [6.07, 6.45) is 5.68. The molecule has 15 heteroatoms. The van der Waals surface area contributed by atoms with Crippen molar-refractivity contribution in [1.29, 1.82) is 0 Å². The zero-order valence-corrected chi connectivity index (χ0v) is 45.4. The number of para-hydroxylation sites is 3. The Balaban J connectivity index is 0.000000234. The summed E-state index contributed by atoms with van der Waals surface area (Å²) >= 11 is 0. The maximum Gasteiger partial charge on any atom is 0.410 e. The van der Waals surface area contributed by atoms with E-state index in [2.05, 4.69) is 0 Å². The maximum atomic E-state index is 12.5. The van der Waals surface area contributed by atoms with E-state index in [1.54, 1.807) is 14.7 Å². The van der Waals surface area contributed by atoms with Crippen LogP contribution in [0.15, 0.2) is 91.0 Å². The van der Waals surface area contributed by atoms with Crippen LogP contribution in [-0.4, -0.2) is 125 Å². The second kappa shape index (κ2) is 27.1.